The second kappa shape index (κ2) is 5.32. The summed E-state index contributed by atoms with van der Waals surface area (Å²) < 4.78 is 5.36. The first-order chi connectivity index (χ1) is 10.2. The lowest BCUT2D eigenvalue weighted by molar-refractivity contribution is -0.136. The van der Waals surface area contributed by atoms with E-state index >= 15 is 0 Å². The van der Waals surface area contributed by atoms with E-state index < -0.39 is 5.97 Å². The number of aromatic amines is 1. The van der Waals surface area contributed by atoms with Crippen LogP contribution in [0, 0.1) is 0 Å². The number of para-hydroxylation sites is 1. The Kier molecular flexibility index (Phi) is 3.36. The molecule has 1 aromatic heterocycles. The number of aliphatic carboxylic acids is 1. The van der Waals surface area contributed by atoms with Crippen LogP contribution >= 0.6 is 0 Å². The average Bonchev–Trinajstić information content (AvgIpc) is 2.86. The van der Waals surface area contributed by atoms with Crippen LogP contribution in [0.15, 0.2) is 48.5 Å². The molecule has 0 aliphatic heterocycles. The smallest absolute Gasteiger partial charge is 0.307 e. The summed E-state index contributed by atoms with van der Waals surface area (Å²) in [6.45, 7) is 0. The Balaban J connectivity index is 2.30. The molecule has 0 atom stereocenters. The molecule has 0 saturated heterocycles. The molecule has 0 aliphatic carbocycles. The maximum absolute atomic E-state index is 11.2. The van der Waals surface area contributed by atoms with Crippen LogP contribution in [-0.2, 0) is 11.2 Å². The van der Waals surface area contributed by atoms with Gasteiger partial charge in [-0.05, 0) is 17.2 Å². The Hall–Kier alpha value is -2.75. The van der Waals surface area contributed by atoms with Crippen molar-refractivity contribution in [2.24, 2.45) is 0 Å². The average molecular weight is 281 g/mol. The summed E-state index contributed by atoms with van der Waals surface area (Å²) >= 11 is 0. The van der Waals surface area contributed by atoms with Crippen molar-refractivity contribution >= 4 is 16.9 Å². The van der Waals surface area contributed by atoms with E-state index in [-0.39, 0.29) is 6.42 Å². The zero-order valence-corrected chi connectivity index (χ0v) is 11.6. The lowest BCUT2D eigenvalue weighted by Gasteiger charge is -2.02. The van der Waals surface area contributed by atoms with Gasteiger partial charge in [0.25, 0.3) is 0 Å². The molecule has 0 spiro atoms. The number of hydrogen-bond acceptors (Lipinski definition) is 2. The van der Waals surface area contributed by atoms with Crippen LogP contribution in [0.4, 0.5) is 0 Å². The second-order valence-electron chi connectivity index (χ2n) is 4.80. The van der Waals surface area contributed by atoms with Gasteiger partial charge in [-0.3, -0.25) is 4.79 Å². The summed E-state index contributed by atoms with van der Waals surface area (Å²) in [5.74, 6) is -0.141. The first-order valence-electron chi connectivity index (χ1n) is 6.65. The van der Waals surface area contributed by atoms with Crippen LogP contribution in [-0.4, -0.2) is 23.2 Å². The molecule has 0 saturated carbocycles. The van der Waals surface area contributed by atoms with Crippen LogP contribution in [0.25, 0.3) is 22.2 Å². The fourth-order valence-corrected chi connectivity index (χ4v) is 2.60. The van der Waals surface area contributed by atoms with Gasteiger partial charge in [0, 0.05) is 5.39 Å². The largest absolute Gasteiger partial charge is 0.495 e. The molecule has 0 radical (unpaired) electrons. The number of carboxylic acids is 1. The zero-order valence-electron chi connectivity index (χ0n) is 11.6. The SMILES string of the molecule is COc1cccc2c(CC(=O)O)c(-c3ccccc3)[nH]c12. The van der Waals surface area contributed by atoms with E-state index in [1.807, 2.05) is 48.5 Å². The minimum Gasteiger partial charge on any atom is -0.495 e. The minimum absolute atomic E-state index is 0.0304. The summed E-state index contributed by atoms with van der Waals surface area (Å²) in [7, 11) is 1.61. The first-order valence-corrected chi connectivity index (χ1v) is 6.65. The third-order valence-corrected chi connectivity index (χ3v) is 3.51. The number of fused-ring (bicyclic) bond motifs is 1. The number of rotatable bonds is 4. The number of hydrogen-bond donors (Lipinski definition) is 2. The van der Waals surface area contributed by atoms with Crippen LogP contribution in [0.2, 0.25) is 0 Å². The Bertz CT molecular complexity index is 790. The molecule has 4 heteroatoms. The number of carboxylic acid groups (broad SMARTS) is 1. The quantitative estimate of drug-likeness (QED) is 0.769. The summed E-state index contributed by atoms with van der Waals surface area (Å²) in [5, 5.41) is 10.1. The van der Waals surface area contributed by atoms with Crippen molar-refractivity contribution in [3.05, 3.63) is 54.1 Å². The third kappa shape index (κ3) is 2.36. The fourth-order valence-electron chi connectivity index (χ4n) is 2.60. The van der Waals surface area contributed by atoms with Gasteiger partial charge >= 0.3 is 5.97 Å². The van der Waals surface area contributed by atoms with Gasteiger partial charge < -0.3 is 14.8 Å². The van der Waals surface area contributed by atoms with Crippen LogP contribution < -0.4 is 4.74 Å². The molecular weight excluding hydrogens is 266 g/mol. The molecule has 21 heavy (non-hydrogen) atoms. The van der Waals surface area contributed by atoms with E-state index in [0.29, 0.717) is 5.75 Å². The predicted molar refractivity (Wildman–Crippen MR) is 81.6 cm³/mol. The monoisotopic (exact) mass is 281 g/mol. The standard InChI is InChI=1S/C17H15NO3/c1-21-14-9-5-8-12-13(10-15(19)20)16(18-17(12)14)11-6-3-2-4-7-11/h2-9,18H,10H2,1H3,(H,19,20). The van der Waals surface area contributed by atoms with E-state index in [4.69, 9.17) is 4.74 Å². The summed E-state index contributed by atoms with van der Waals surface area (Å²) in [5.41, 5.74) is 3.40. The number of nitrogens with one attached hydrogen (secondary N) is 1. The molecule has 0 fully saturated rings. The van der Waals surface area contributed by atoms with Gasteiger partial charge in [-0.1, -0.05) is 42.5 Å². The molecule has 2 aromatic carbocycles. The fraction of sp³-hybridized carbons (Fsp3) is 0.118. The molecule has 3 rings (SSSR count). The summed E-state index contributed by atoms with van der Waals surface area (Å²) in [6.07, 6.45) is -0.0304. The number of methoxy groups -OCH3 is 1. The Morgan fingerprint density at radius 1 is 1.14 bits per heavy atom. The second-order valence-corrected chi connectivity index (χ2v) is 4.80. The van der Waals surface area contributed by atoms with E-state index in [0.717, 1.165) is 27.7 Å². The van der Waals surface area contributed by atoms with E-state index in [9.17, 15) is 9.90 Å². The molecule has 0 aliphatic rings. The van der Waals surface area contributed by atoms with Gasteiger partial charge in [-0.15, -0.1) is 0 Å². The van der Waals surface area contributed by atoms with Crippen LogP contribution in [0.5, 0.6) is 5.75 Å². The van der Waals surface area contributed by atoms with Crippen molar-refractivity contribution in [1.82, 2.24) is 4.98 Å². The third-order valence-electron chi connectivity index (χ3n) is 3.51. The van der Waals surface area contributed by atoms with Crippen molar-refractivity contribution in [2.45, 2.75) is 6.42 Å². The minimum atomic E-state index is -0.851. The van der Waals surface area contributed by atoms with Crippen molar-refractivity contribution in [3.63, 3.8) is 0 Å². The highest BCUT2D eigenvalue weighted by molar-refractivity contribution is 5.96. The first kappa shape index (κ1) is 13.2. The highest BCUT2D eigenvalue weighted by atomic mass is 16.5. The topological polar surface area (TPSA) is 62.3 Å². The van der Waals surface area contributed by atoms with Crippen LogP contribution in [0.1, 0.15) is 5.56 Å². The molecule has 1 heterocycles. The van der Waals surface area contributed by atoms with E-state index in [2.05, 4.69) is 4.98 Å². The maximum Gasteiger partial charge on any atom is 0.307 e. The van der Waals surface area contributed by atoms with Crippen molar-refractivity contribution in [1.29, 1.82) is 0 Å². The molecule has 106 valence electrons. The molecule has 0 bridgehead atoms. The van der Waals surface area contributed by atoms with Gasteiger partial charge in [0.15, 0.2) is 0 Å². The lowest BCUT2D eigenvalue weighted by Crippen LogP contribution is -2.00. The van der Waals surface area contributed by atoms with Gasteiger partial charge in [0.2, 0.25) is 0 Å². The molecule has 2 N–H and O–H groups in total. The number of ether oxygens (including phenoxy) is 1. The number of benzene rings is 2. The Morgan fingerprint density at radius 3 is 2.57 bits per heavy atom. The number of carbonyl (C=O) groups is 1. The number of aromatic nitrogens is 1. The van der Waals surface area contributed by atoms with Gasteiger partial charge in [0.05, 0.1) is 24.7 Å². The lowest BCUT2D eigenvalue weighted by atomic mass is 10.0. The highest BCUT2D eigenvalue weighted by Gasteiger charge is 2.17. The van der Waals surface area contributed by atoms with Gasteiger partial charge in [-0.25, -0.2) is 0 Å². The normalized spacial score (nSPS) is 10.7. The molecular formula is C17H15NO3. The highest BCUT2D eigenvalue weighted by Crippen LogP contribution is 2.34. The molecule has 0 amide bonds. The zero-order chi connectivity index (χ0) is 14.8. The van der Waals surface area contributed by atoms with Crippen molar-refractivity contribution in [2.75, 3.05) is 7.11 Å². The van der Waals surface area contributed by atoms with Gasteiger partial charge in [0.1, 0.15) is 5.75 Å². The molecule has 4 nitrogen and oxygen atoms in total. The van der Waals surface area contributed by atoms with Crippen LogP contribution in [0.3, 0.4) is 0 Å². The molecule has 3 aromatic rings. The maximum atomic E-state index is 11.2. The summed E-state index contributed by atoms with van der Waals surface area (Å²) in [4.78, 5) is 14.5. The van der Waals surface area contributed by atoms with E-state index in [1.54, 1.807) is 7.11 Å². The Labute approximate surface area is 122 Å². The van der Waals surface area contributed by atoms with Crippen molar-refractivity contribution < 1.29 is 14.6 Å². The predicted octanol–water partition coefficient (Wildman–Crippen LogP) is 3.47. The van der Waals surface area contributed by atoms with Gasteiger partial charge in [-0.2, -0.15) is 0 Å². The Morgan fingerprint density at radius 2 is 1.90 bits per heavy atom. The molecule has 0 unspecified atom stereocenters. The van der Waals surface area contributed by atoms with E-state index in [1.165, 1.54) is 0 Å². The number of H-pyrrole nitrogens is 1. The van der Waals surface area contributed by atoms with Crippen molar-refractivity contribution in [3.8, 4) is 17.0 Å². The summed E-state index contributed by atoms with van der Waals surface area (Å²) in [6, 6.07) is 15.4.